The van der Waals surface area contributed by atoms with Crippen LogP contribution in [0, 0.1) is 0 Å². The number of likely N-dealkylation sites (tertiary alicyclic amines) is 1. The number of hydrogen-bond acceptors (Lipinski definition) is 5. The molecule has 1 aromatic carbocycles. The van der Waals surface area contributed by atoms with Gasteiger partial charge < -0.3 is 23.7 Å². The van der Waals surface area contributed by atoms with Crippen LogP contribution in [0.5, 0.6) is 11.5 Å². The molecule has 0 aliphatic carbocycles. The fourth-order valence-electron chi connectivity index (χ4n) is 3.34. The van der Waals surface area contributed by atoms with Crippen LogP contribution in [0.15, 0.2) is 41.0 Å². The maximum absolute atomic E-state index is 12.8. The van der Waals surface area contributed by atoms with Crippen molar-refractivity contribution >= 4 is 5.91 Å². The molecule has 0 bridgehead atoms. The van der Waals surface area contributed by atoms with Gasteiger partial charge in [-0.3, -0.25) is 4.79 Å². The van der Waals surface area contributed by atoms with Gasteiger partial charge in [0.25, 0.3) is 5.91 Å². The van der Waals surface area contributed by atoms with E-state index in [4.69, 9.17) is 13.9 Å². The summed E-state index contributed by atoms with van der Waals surface area (Å²) in [5.74, 6) is 1.79. The lowest BCUT2D eigenvalue weighted by molar-refractivity contribution is 0.0695. The van der Waals surface area contributed by atoms with Crippen molar-refractivity contribution in [3.8, 4) is 11.5 Å². The van der Waals surface area contributed by atoms with E-state index >= 15 is 0 Å². The zero-order valence-electron chi connectivity index (χ0n) is 14.1. The summed E-state index contributed by atoms with van der Waals surface area (Å²) in [6.45, 7) is 4.57. The highest BCUT2D eigenvalue weighted by atomic mass is 16.7. The van der Waals surface area contributed by atoms with E-state index in [1.165, 1.54) is 19.1 Å². The molecule has 2 aliphatic rings. The number of benzene rings is 1. The van der Waals surface area contributed by atoms with Crippen LogP contribution in [-0.4, -0.2) is 48.7 Å². The average Bonchev–Trinajstić information content (AvgIpc) is 3.40. The van der Waals surface area contributed by atoms with Gasteiger partial charge in [-0.1, -0.05) is 6.07 Å². The van der Waals surface area contributed by atoms with Gasteiger partial charge in [0.15, 0.2) is 17.3 Å². The zero-order chi connectivity index (χ0) is 17.1. The summed E-state index contributed by atoms with van der Waals surface area (Å²) in [6, 6.07) is 9.28. The Labute approximate surface area is 146 Å². The van der Waals surface area contributed by atoms with Crippen molar-refractivity contribution in [2.75, 3.05) is 33.0 Å². The summed E-state index contributed by atoms with van der Waals surface area (Å²) in [6.07, 6.45) is 4.02. The SMILES string of the molecule is O=C(c1ccco1)N(CCN1CCCC1)Cc1ccc2c(c1)OCO2. The molecule has 2 aliphatic heterocycles. The Bertz CT molecular complexity index is 723. The van der Waals surface area contributed by atoms with E-state index < -0.39 is 0 Å². The van der Waals surface area contributed by atoms with E-state index in [1.807, 2.05) is 23.1 Å². The normalized spacial score (nSPS) is 16.3. The Kier molecular flexibility index (Phi) is 4.61. The first-order valence-electron chi connectivity index (χ1n) is 8.73. The molecule has 1 aromatic heterocycles. The third-order valence-corrected chi connectivity index (χ3v) is 4.71. The standard InChI is InChI=1S/C19H22N2O4/c22-19(17-4-3-11-23-17)21(10-9-20-7-1-2-8-20)13-15-5-6-16-18(12-15)25-14-24-16/h3-6,11-12H,1-2,7-10,13-14H2. The van der Waals surface area contributed by atoms with Crippen molar-refractivity contribution in [3.05, 3.63) is 47.9 Å². The number of carbonyl (C=O) groups excluding carboxylic acids is 1. The van der Waals surface area contributed by atoms with Gasteiger partial charge in [0.05, 0.1) is 6.26 Å². The predicted octanol–water partition coefficient (Wildman–Crippen LogP) is 2.75. The van der Waals surface area contributed by atoms with Crippen LogP contribution in [0.3, 0.4) is 0 Å². The number of rotatable bonds is 6. The summed E-state index contributed by atoms with van der Waals surface area (Å²) in [4.78, 5) is 17.1. The summed E-state index contributed by atoms with van der Waals surface area (Å²) in [7, 11) is 0. The van der Waals surface area contributed by atoms with Crippen LogP contribution in [0.1, 0.15) is 29.0 Å². The van der Waals surface area contributed by atoms with Crippen LogP contribution in [0.25, 0.3) is 0 Å². The number of nitrogens with zero attached hydrogens (tertiary/aromatic N) is 2. The first-order chi connectivity index (χ1) is 12.3. The Morgan fingerprint density at radius 3 is 2.76 bits per heavy atom. The number of ether oxygens (including phenoxy) is 2. The molecule has 1 fully saturated rings. The third-order valence-electron chi connectivity index (χ3n) is 4.71. The Balaban J connectivity index is 1.48. The molecule has 0 saturated carbocycles. The minimum Gasteiger partial charge on any atom is -0.459 e. The summed E-state index contributed by atoms with van der Waals surface area (Å²) < 4.78 is 16.1. The van der Waals surface area contributed by atoms with Crippen molar-refractivity contribution in [1.82, 2.24) is 9.80 Å². The van der Waals surface area contributed by atoms with E-state index in [9.17, 15) is 4.79 Å². The van der Waals surface area contributed by atoms with Crippen molar-refractivity contribution in [1.29, 1.82) is 0 Å². The lowest BCUT2D eigenvalue weighted by Crippen LogP contribution is -2.37. The number of amides is 1. The molecule has 1 saturated heterocycles. The molecule has 3 heterocycles. The second-order valence-electron chi connectivity index (χ2n) is 6.44. The number of fused-ring (bicyclic) bond motifs is 1. The molecule has 0 N–H and O–H groups in total. The highest BCUT2D eigenvalue weighted by Crippen LogP contribution is 2.32. The van der Waals surface area contributed by atoms with Crippen LogP contribution in [0.4, 0.5) is 0 Å². The van der Waals surface area contributed by atoms with Crippen molar-refractivity contribution < 1.29 is 18.7 Å². The number of furan rings is 1. The van der Waals surface area contributed by atoms with Gasteiger partial charge >= 0.3 is 0 Å². The lowest BCUT2D eigenvalue weighted by Gasteiger charge is -2.25. The lowest BCUT2D eigenvalue weighted by atomic mass is 10.2. The van der Waals surface area contributed by atoms with Crippen LogP contribution in [0.2, 0.25) is 0 Å². The summed E-state index contributed by atoms with van der Waals surface area (Å²) >= 11 is 0. The van der Waals surface area contributed by atoms with Crippen molar-refractivity contribution in [3.63, 3.8) is 0 Å². The van der Waals surface area contributed by atoms with Gasteiger partial charge in [-0.25, -0.2) is 0 Å². The maximum atomic E-state index is 12.8. The molecule has 0 unspecified atom stereocenters. The topological polar surface area (TPSA) is 55.2 Å². The van der Waals surface area contributed by atoms with Gasteiger partial charge in [0.2, 0.25) is 6.79 Å². The van der Waals surface area contributed by atoms with E-state index in [0.717, 1.165) is 36.7 Å². The molecule has 25 heavy (non-hydrogen) atoms. The van der Waals surface area contributed by atoms with Crippen LogP contribution in [-0.2, 0) is 6.54 Å². The molecule has 0 radical (unpaired) electrons. The average molecular weight is 342 g/mol. The molecule has 1 amide bonds. The van der Waals surface area contributed by atoms with Crippen molar-refractivity contribution in [2.45, 2.75) is 19.4 Å². The highest BCUT2D eigenvalue weighted by molar-refractivity contribution is 5.91. The molecule has 132 valence electrons. The molecule has 6 nitrogen and oxygen atoms in total. The van der Waals surface area contributed by atoms with Gasteiger partial charge in [-0.2, -0.15) is 0 Å². The molecular formula is C19H22N2O4. The second-order valence-corrected chi connectivity index (χ2v) is 6.44. The molecule has 4 rings (SSSR count). The van der Waals surface area contributed by atoms with E-state index in [1.54, 1.807) is 12.1 Å². The largest absolute Gasteiger partial charge is 0.459 e. The second kappa shape index (κ2) is 7.19. The first kappa shape index (κ1) is 16.0. The third kappa shape index (κ3) is 3.64. The molecule has 0 spiro atoms. The van der Waals surface area contributed by atoms with E-state index in [-0.39, 0.29) is 12.7 Å². The van der Waals surface area contributed by atoms with Crippen LogP contribution >= 0.6 is 0 Å². The molecule has 6 heteroatoms. The smallest absolute Gasteiger partial charge is 0.289 e. The van der Waals surface area contributed by atoms with Gasteiger partial charge in [0.1, 0.15) is 0 Å². The maximum Gasteiger partial charge on any atom is 0.289 e. The van der Waals surface area contributed by atoms with Crippen LogP contribution < -0.4 is 9.47 Å². The van der Waals surface area contributed by atoms with E-state index in [2.05, 4.69) is 4.90 Å². The Morgan fingerprint density at radius 1 is 1.12 bits per heavy atom. The first-order valence-corrected chi connectivity index (χ1v) is 8.73. The Morgan fingerprint density at radius 2 is 1.96 bits per heavy atom. The highest BCUT2D eigenvalue weighted by Gasteiger charge is 2.22. The summed E-state index contributed by atoms with van der Waals surface area (Å²) in [5.41, 5.74) is 1.02. The number of carbonyl (C=O) groups is 1. The zero-order valence-corrected chi connectivity index (χ0v) is 14.1. The Hall–Kier alpha value is -2.47. The minimum atomic E-state index is -0.0816. The fourth-order valence-corrected chi connectivity index (χ4v) is 3.34. The van der Waals surface area contributed by atoms with Gasteiger partial charge in [-0.05, 0) is 55.8 Å². The minimum absolute atomic E-state index is 0.0816. The van der Waals surface area contributed by atoms with E-state index in [0.29, 0.717) is 18.8 Å². The summed E-state index contributed by atoms with van der Waals surface area (Å²) in [5, 5.41) is 0. The van der Waals surface area contributed by atoms with Gasteiger partial charge in [-0.15, -0.1) is 0 Å². The quantitative estimate of drug-likeness (QED) is 0.808. The molecular weight excluding hydrogens is 320 g/mol. The van der Waals surface area contributed by atoms with Crippen molar-refractivity contribution in [2.24, 2.45) is 0 Å². The fraction of sp³-hybridized carbons (Fsp3) is 0.421. The molecule has 0 atom stereocenters. The molecule has 2 aromatic rings. The number of hydrogen-bond donors (Lipinski definition) is 0. The van der Waals surface area contributed by atoms with Gasteiger partial charge in [0, 0.05) is 19.6 Å². The monoisotopic (exact) mass is 342 g/mol. The predicted molar refractivity (Wildman–Crippen MR) is 91.7 cm³/mol.